The van der Waals surface area contributed by atoms with E-state index in [0.29, 0.717) is 6.42 Å². The van der Waals surface area contributed by atoms with Gasteiger partial charge in [-0.15, -0.1) is 0 Å². The highest BCUT2D eigenvalue weighted by molar-refractivity contribution is 5.77. The van der Waals surface area contributed by atoms with Crippen molar-refractivity contribution in [2.24, 2.45) is 7.05 Å². The van der Waals surface area contributed by atoms with E-state index in [-0.39, 0.29) is 11.3 Å². The van der Waals surface area contributed by atoms with Crippen molar-refractivity contribution in [2.45, 2.75) is 25.2 Å². The number of aromatic nitrogens is 2. The summed E-state index contributed by atoms with van der Waals surface area (Å²) in [6.45, 7) is 2.89. The van der Waals surface area contributed by atoms with Crippen molar-refractivity contribution in [3.63, 3.8) is 0 Å². The van der Waals surface area contributed by atoms with Crippen molar-refractivity contribution < 1.29 is 4.79 Å². The van der Waals surface area contributed by atoms with Crippen molar-refractivity contribution in [1.82, 2.24) is 15.1 Å². The third-order valence-electron chi connectivity index (χ3n) is 2.98. The average Bonchev–Trinajstić information content (AvgIpc) is 2.58. The molecular weight excluding hydrogens is 178 g/mol. The van der Waals surface area contributed by atoms with E-state index in [1.165, 1.54) is 5.56 Å². The van der Waals surface area contributed by atoms with Gasteiger partial charge in [-0.2, -0.15) is 5.10 Å². The molecule has 1 aromatic heterocycles. The van der Waals surface area contributed by atoms with Crippen LogP contribution >= 0.6 is 0 Å². The molecule has 1 amide bonds. The van der Waals surface area contributed by atoms with Crippen LogP contribution in [-0.4, -0.2) is 22.2 Å². The number of rotatable bonds is 1. The monoisotopic (exact) mass is 193 g/mol. The summed E-state index contributed by atoms with van der Waals surface area (Å²) in [4.78, 5) is 11.1. The molecule has 76 valence electrons. The largest absolute Gasteiger partial charge is 0.355 e. The van der Waals surface area contributed by atoms with Gasteiger partial charge >= 0.3 is 0 Å². The number of carbonyl (C=O) groups is 1. The maximum Gasteiger partial charge on any atom is 0.220 e. The number of nitrogens with zero attached hydrogens (tertiary/aromatic N) is 2. The van der Waals surface area contributed by atoms with E-state index >= 15 is 0 Å². The van der Waals surface area contributed by atoms with Crippen molar-refractivity contribution in [3.8, 4) is 0 Å². The number of hydrogen-bond acceptors (Lipinski definition) is 2. The Kier molecular flexibility index (Phi) is 2.06. The Hall–Kier alpha value is -1.32. The zero-order valence-corrected chi connectivity index (χ0v) is 8.58. The minimum Gasteiger partial charge on any atom is -0.355 e. The lowest BCUT2D eigenvalue weighted by molar-refractivity contribution is -0.123. The summed E-state index contributed by atoms with van der Waals surface area (Å²) in [7, 11) is 1.91. The molecule has 1 aromatic rings. The molecule has 1 unspecified atom stereocenters. The number of aryl methyl sites for hydroxylation is 1. The molecule has 4 nitrogen and oxygen atoms in total. The fourth-order valence-electron chi connectivity index (χ4n) is 1.84. The second kappa shape index (κ2) is 3.12. The Morgan fingerprint density at radius 1 is 1.64 bits per heavy atom. The minimum absolute atomic E-state index is 0.0577. The summed E-state index contributed by atoms with van der Waals surface area (Å²) in [6, 6.07) is 0. The first-order valence-corrected chi connectivity index (χ1v) is 4.86. The molecule has 0 radical (unpaired) electrons. The summed E-state index contributed by atoms with van der Waals surface area (Å²) in [6.07, 6.45) is 5.44. The first-order chi connectivity index (χ1) is 6.60. The van der Waals surface area contributed by atoms with Gasteiger partial charge in [0.2, 0.25) is 5.91 Å². The Morgan fingerprint density at radius 2 is 2.43 bits per heavy atom. The van der Waals surface area contributed by atoms with Crippen molar-refractivity contribution >= 4 is 5.91 Å². The van der Waals surface area contributed by atoms with Gasteiger partial charge in [0.15, 0.2) is 0 Å². The first-order valence-electron chi connectivity index (χ1n) is 4.86. The molecule has 0 saturated carbocycles. The standard InChI is InChI=1S/C10H15N3O/c1-10(4-3-9(14)11-7-10)8-5-12-13(2)6-8/h5-6H,3-4,7H2,1-2H3,(H,11,14). The molecule has 4 heteroatoms. The third-order valence-corrected chi connectivity index (χ3v) is 2.98. The number of amides is 1. The highest BCUT2D eigenvalue weighted by atomic mass is 16.1. The summed E-state index contributed by atoms with van der Waals surface area (Å²) in [5.74, 6) is 0.159. The van der Waals surface area contributed by atoms with Crippen LogP contribution in [0.25, 0.3) is 0 Å². The topological polar surface area (TPSA) is 46.9 Å². The smallest absolute Gasteiger partial charge is 0.220 e. The van der Waals surface area contributed by atoms with E-state index in [9.17, 15) is 4.79 Å². The van der Waals surface area contributed by atoms with Gasteiger partial charge in [0.1, 0.15) is 0 Å². The van der Waals surface area contributed by atoms with E-state index in [1.54, 1.807) is 4.68 Å². The molecule has 2 heterocycles. The predicted molar refractivity (Wildman–Crippen MR) is 52.8 cm³/mol. The molecule has 0 spiro atoms. The fourth-order valence-corrected chi connectivity index (χ4v) is 1.84. The molecular formula is C10H15N3O. The van der Waals surface area contributed by atoms with E-state index in [4.69, 9.17) is 0 Å². The van der Waals surface area contributed by atoms with Crippen LogP contribution in [0.1, 0.15) is 25.3 Å². The second-order valence-electron chi connectivity index (χ2n) is 4.24. The molecule has 1 aliphatic rings. The zero-order chi connectivity index (χ0) is 10.2. The van der Waals surface area contributed by atoms with Gasteiger partial charge in [0.25, 0.3) is 0 Å². The number of carbonyl (C=O) groups excluding carboxylic acids is 1. The van der Waals surface area contributed by atoms with Crippen LogP contribution < -0.4 is 5.32 Å². The summed E-state index contributed by atoms with van der Waals surface area (Å²) < 4.78 is 1.80. The van der Waals surface area contributed by atoms with Crippen LogP contribution in [0.3, 0.4) is 0 Å². The van der Waals surface area contributed by atoms with E-state index in [2.05, 4.69) is 17.3 Å². The lowest BCUT2D eigenvalue weighted by atomic mass is 9.78. The van der Waals surface area contributed by atoms with Crippen LogP contribution in [0, 0.1) is 0 Å². The molecule has 0 aliphatic carbocycles. The average molecular weight is 193 g/mol. The van der Waals surface area contributed by atoms with E-state index < -0.39 is 0 Å². The highest BCUT2D eigenvalue weighted by Gasteiger charge is 2.32. The lowest BCUT2D eigenvalue weighted by Crippen LogP contribution is -2.44. The molecule has 14 heavy (non-hydrogen) atoms. The molecule has 0 aromatic carbocycles. The number of hydrogen-bond donors (Lipinski definition) is 1. The fraction of sp³-hybridized carbons (Fsp3) is 0.600. The normalized spacial score (nSPS) is 27.4. The summed E-state index contributed by atoms with van der Waals surface area (Å²) in [5.41, 5.74) is 1.27. The first kappa shape index (κ1) is 9.24. The SMILES string of the molecule is Cn1cc(C2(C)CCC(=O)NC2)cn1. The van der Waals surface area contributed by atoms with Gasteiger partial charge in [0, 0.05) is 31.6 Å². The van der Waals surface area contributed by atoms with Gasteiger partial charge in [-0.05, 0) is 12.0 Å². The third kappa shape index (κ3) is 1.52. The quantitative estimate of drug-likeness (QED) is 0.709. The van der Waals surface area contributed by atoms with Crippen LogP contribution in [0.5, 0.6) is 0 Å². The van der Waals surface area contributed by atoms with Gasteiger partial charge in [-0.1, -0.05) is 6.92 Å². The Morgan fingerprint density at radius 3 is 2.93 bits per heavy atom. The van der Waals surface area contributed by atoms with Gasteiger partial charge in [-0.3, -0.25) is 9.48 Å². The van der Waals surface area contributed by atoms with Gasteiger partial charge < -0.3 is 5.32 Å². The lowest BCUT2D eigenvalue weighted by Gasteiger charge is -2.32. The van der Waals surface area contributed by atoms with Gasteiger partial charge in [-0.25, -0.2) is 0 Å². The van der Waals surface area contributed by atoms with E-state index in [0.717, 1.165) is 13.0 Å². The minimum atomic E-state index is 0.0577. The maximum absolute atomic E-state index is 11.1. The summed E-state index contributed by atoms with van der Waals surface area (Å²) in [5, 5.41) is 7.06. The van der Waals surface area contributed by atoms with E-state index in [1.807, 2.05) is 19.4 Å². The highest BCUT2D eigenvalue weighted by Crippen LogP contribution is 2.30. The molecule has 2 rings (SSSR count). The molecule has 1 N–H and O–H groups in total. The van der Waals surface area contributed by atoms with Crippen LogP contribution in [-0.2, 0) is 17.3 Å². The molecule has 1 aliphatic heterocycles. The molecule has 1 fully saturated rings. The van der Waals surface area contributed by atoms with Gasteiger partial charge in [0.05, 0.1) is 6.20 Å². The molecule has 1 saturated heterocycles. The Balaban J connectivity index is 2.20. The van der Waals surface area contributed by atoms with Crippen LogP contribution in [0.2, 0.25) is 0 Å². The maximum atomic E-state index is 11.1. The zero-order valence-electron chi connectivity index (χ0n) is 8.58. The summed E-state index contributed by atoms with van der Waals surface area (Å²) >= 11 is 0. The van der Waals surface area contributed by atoms with Crippen LogP contribution in [0.4, 0.5) is 0 Å². The number of piperidine rings is 1. The van der Waals surface area contributed by atoms with Crippen molar-refractivity contribution in [2.75, 3.05) is 6.54 Å². The van der Waals surface area contributed by atoms with Crippen LogP contribution in [0.15, 0.2) is 12.4 Å². The Labute approximate surface area is 83.3 Å². The molecule has 1 atom stereocenters. The second-order valence-corrected chi connectivity index (χ2v) is 4.24. The molecule has 0 bridgehead atoms. The number of nitrogens with one attached hydrogen (secondary N) is 1. The van der Waals surface area contributed by atoms with Crippen molar-refractivity contribution in [3.05, 3.63) is 18.0 Å². The Bertz CT molecular complexity index is 346. The predicted octanol–water partition coefficient (Wildman–Crippen LogP) is 0.588. The van der Waals surface area contributed by atoms with Crippen molar-refractivity contribution in [1.29, 1.82) is 0 Å².